The maximum atomic E-state index is 11.8. The molecule has 0 saturated heterocycles. The smallest absolute Gasteiger partial charge is 0.267 e. The van der Waals surface area contributed by atoms with Gasteiger partial charge in [-0.1, -0.05) is 13.8 Å². The molecule has 1 aliphatic heterocycles. The third-order valence-corrected chi connectivity index (χ3v) is 2.79. The van der Waals surface area contributed by atoms with Crippen molar-refractivity contribution in [2.75, 3.05) is 13.7 Å². The predicted octanol–water partition coefficient (Wildman–Crippen LogP) is -0.272. The third kappa shape index (κ3) is 3.52. The monoisotopic (exact) mass is 241 g/mol. The van der Waals surface area contributed by atoms with E-state index < -0.39 is 0 Å². The zero-order valence-electron chi connectivity index (χ0n) is 10.4. The van der Waals surface area contributed by atoms with Crippen LogP contribution in [0.4, 0.5) is 0 Å². The van der Waals surface area contributed by atoms with Crippen LogP contribution >= 0.6 is 0 Å². The van der Waals surface area contributed by atoms with E-state index in [9.17, 15) is 9.59 Å². The van der Waals surface area contributed by atoms with E-state index in [-0.39, 0.29) is 30.4 Å². The van der Waals surface area contributed by atoms with Crippen molar-refractivity contribution in [1.29, 1.82) is 0 Å². The highest BCUT2D eigenvalue weighted by molar-refractivity contribution is 6.39. The summed E-state index contributed by atoms with van der Waals surface area (Å²) in [5.74, 6) is -0.256. The van der Waals surface area contributed by atoms with E-state index in [1.54, 1.807) is 0 Å². The maximum absolute atomic E-state index is 11.8. The second-order valence-corrected chi connectivity index (χ2v) is 4.47. The Bertz CT molecular complexity index is 339. The lowest BCUT2D eigenvalue weighted by Gasteiger charge is -2.23. The quantitative estimate of drug-likeness (QED) is 0.710. The number of carbonyl (C=O) groups is 2. The molecule has 0 aliphatic carbocycles. The number of amides is 2. The van der Waals surface area contributed by atoms with Crippen LogP contribution in [0.5, 0.6) is 0 Å². The van der Waals surface area contributed by atoms with E-state index in [0.717, 1.165) is 0 Å². The van der Waals surface area contributed by atoms with Gasteiger partial charge in [0.15, 0.2) is 0 Å². The molecule has 1 unspecified atom stereocenters. The SMILES string of the molecule is CC(C)C(CO)NC(=O)C1=NN(C)C(=O)CC1. The van der Waals surface area contributed by atoms with Crippen LogP contribution in [-0.4, -0.2) is 47.3 Å². The Hall–Kier alpha value is -1.43. The van der Waals surface area contributed by atoms with Gasteiger partial charge in [0.1, 0.15) is 5.71 Å². The Morgan fingerprint density at radius 2 is 2.18 bits per heavy atom. The second-order valence-electron chi connectivity index (χ2n) is 4.47. The topological polar surface area (TPSA) is 82.0 Å². The average molecular weight is 241 g/mol. The minimum Gasteiger partial charge on any atom is -0.394 e. The number of hydrogen-bond acceptors (Lipinski definition) is 4. The predicted molar refractivity (Wildman–Crippen MR) is 63.3 cm³/mol. The lowest BCUT2D eigenvalue weighted by molar-refractivity contribution is -0.130. The van der Waals surface area contributed by atoms with Gasteiger partial charge in [0.05, 0.1) is 12.6 Å². The molecule has 17 heavy (non-hydrogen) atoms. The molecular weight excluding hydrogens is 222 g/mol. The Kier molecular flexibility index (Phi) is 4.62. The molecule has 0 aromatic rings. The van der Waals surface area contributed by atoms with Crippen LogP contribution in [0.25, 0.3) is 0 Å². The van der Waals surface area contributed by atoms with Crippen LogP contribution in [0.15, 0.2) is 5.10 Å². The summed E-state index contributed by atoms with van der Waals surface area (Å²) in [7, 11) is 1.53. The van der Waals surface area contributed by atoms with E-state index in [1.807, 2.05) is 13.8 Å². The van der Waals surface area contributed by atoms with Crippen molar-refractivity contribution < 1.29 is 14.7 Å². The Balaban J connectivity index is 2.65. The fourth-order valence-corrected chi connectivity index (χ4v) is 1.51. The normalized spacial score (nSPS) is 18.1. The van der Waals surface area contributed by atoms with E-state index in [2.05, 4.69) is 10.4 Å². The van der Waals surface area contributed by atoms with Gasteiger partial charge in [0.2, 0.25) is 5.91 Å². The molecule has 1 aliphatic rings. The van der Waals surface area contributed by atoms with Gasteiger partial charge in [-0.3, -0.25) is 9.59 Å². The summed E-state index contributed by atoms with van der Waals surface area (Å²) in [6, 6.07) is -0.284. The summed E-state index contributed by atoms with van der Waals surface area (Å²) in [4.78, 5) is 23.0. The van der Waals surface area contributed by atoms with Crippen LogP contribution < -0.4 is 5.32 Å². The minimum atomic E-state index is -0.308. The highest BCUT2D eigenvalue weighted by Gasteiger charge is 2.24. The van der Waals surface area contributed by atoms with Gasteiger partial charge in [0.25, 0.3) is 5.91 Å². The van der Waals surface area contributed by atoms with Crippen LogP contribution in [0, 0.1) is 5.92 Å². The van der Waals surface area contributed by atoms with E-state index in [0.29, 0.717) is 18.6 Å². The van der Waals surface area contributed by atoms with Crippen molar-refractivity contribution in [2.24, 2.45) is 11.0 Å². The maximum Gasteiger partial charge on any atom is 0.267 e. The van der Waals surface area contributed by atoms with Crippen molar-refractivity contribution in [3.05, 3.63) is 0 Å². The number of hydrogen-bond donors (Lipinski definition) is 2. The highest BCUT2D eigenvalue weighted by atomic mass is 16.3. The first-order valence-electron chi connectivity index (χ1n) is 5.71. The average Bonchev–Trinajstić information content (AvgIpc) is 2.28. The van der Waals surface area contributed by atoms with Crippen molar-refractivity contribution >= 4 is 17.5 Å². The summed E-state index contributed by atoms with van der Waals surface area (Å²) in [5, 5.41) is 16.9. The lowest BCUT2D eigenvalue weighted by atomic mass is 10.0. The zero-order valence-corrected chi connectivity index (χ0v) is 10.4. The van der Waals surface area contributed by atoms with E-state index in [4.69, 9.17) is 5.11 Å². The highest BCUT2D eigenvalue weighted by Crippen LogP contribution is 2.08. The molecule has 0 radical (unpaired) electrons. The first-order valence-corrected chi connectivity index (χ1v) is 5.71. The number of carbonyl (C=O) groups excluding carboxylic acids is 2. The van der Waals surface area contributed by atoms with Gasteiger partial charge in [0, 0.05) is 19.9 Å². The summed E-state index contributed by atoms with van der Waals surface area (Å²) in [5.41, 5.74) is 0.339. The molecule has 6 nitrogen and oxygen atoms in total. The van der Waals surface area contributed by atoms with Gasteiger partial charge < -0.3 is 10.4 Å². The Labute approximate surface area is 101 Å². The van der Waals surface area contributed by atoms with Crippen molar-refractivity contribution in [1.82, 2.24) is 10.3 Å². The molecule has 0 saturated carbocycles. The third-order valence-electron chi connectivity index (χ3n) is 2.79. The number of nitrogens with one attached hydrogen (secondary N) is 1. The molecule has 0 aromatic carbocycles. The summed E-state index contributed by atoms with van der Waals surface area (Å²) in [6.45, 7) is 3.73. The van der Waals surface area contributed by atoms with Crippen molar-refractivity contribution in [3.8, 4) is 0 Å². The number of aliphatic hydroxyl groups is 1. The fraction of sp³-hybridized carbons (Fsp3) is 0.727. The van der Waals surface area contributed by atoms with Gasteiger partial charge in [-0.25, -0.2) is 5.01 Å². The second kappa shape index (κ2) is 5.77. The molecule has 6 heteroatoms. The number of rotatable bonds is 4. The number of nitrogens with zero attached hydrogens (tertiary/aromatic N) is 2. The van der Waals surface area contributed by atoms with Gasteiger partial charge >= 0.3 is 0 Å². The van der Waals surface area contributed by atoms with Crippen LogP contribution in [0.2, 0.25) is 0 Å². The van der Waals surface area contributed by atoms with E-state index >= 15 is 0 Å². The van der Waals surface area contributed by atoms with E-state index in [1.165, 1.54) is 12.1 Å². The molecule has 2 N–H and O–H groups in total. The molecule has 96 valence electrons. The molecule has 0 bridgehead atoms. The molecular formula is C11H19N3O3. The number of aliphatic hydroxyl groups excluding tert-OH is 1. The van der Waals surface area contributed by atoms with Gasteiger partial charge in [-0.15, -0.1) is 0 Å². The molecule has 2 amide bonds. The minimum absolute atomic E-state index is 0.0934. The zero-order chi connectivity index (χ0) is 13.0. The lowest BCUT2D eigenvalue weighted by Crippen LogP contribution is -2.46. The summed E-state index contributed by atoms with van der Waals surface area (Å²) >= 11 is 0. The van der Waals surface area contributed by atoms with Crippen molar-refractivity contribution in [2.45, 2.75) is 32.7 Å². The molecule has 1 heterocycles. The number of hydrazone groups is 1. The first kappa shape index (κ1) is 13.6. The molecule has 0 aromatic heterocycles. The Morgan fingerprint density at radius 3 is 2.65 bits per heavy atom. The molecule has 0 spiro atoms. The molecule has 1 atom stereocenters. The summed E-state index contributed by atoms with van der Waals surface area (Å²) in [6.07, 6.45) is 0.652. The van der Waals surface area contributed by atoms with Gasteiger partial charge in [-0.05, 0) is 5.92 Å². The van der Waals surface area contributed by atoms with Crippen LogP contribution in [0.3, 0.4) is 0 Å². The first-order chi connectivity index (χ1) is 7.95. The largest absolute Gasteiger partial charge is 0.394 e. The van der Waals surface area contributed by atoms with Gasteiger partial charge in [-0.2, -0.15) is 5.10 Å². The standard InChI is InChI=1S/C11H19N3O3/c1-7(2)9(6-15)12-11(17)8-4-5-10(16)14(3)13-8/h7,9,15H,4-6H2,1-3H3,(H,12,17). The summed E-state index contributed by atoms with van der Waals surface area (Å²) < 4.78 is 0. The van der Waals surface area contributed by atoms with Crippen molar-refractivity contribution in [3.63, 3.8) is 0 Å². The van der Waals surface area contributed by atoms with Crippen LogP contribution in [-0.2, 0) is 9.59 Å². The Morgan fingerprint density at radius 1 is 1.53 bits per heavy atom. The fourth-order valence-electron chi connectivity index (χ4n) is 1.51. The molecule has 0 fully saturated rings. The van der Waals surface area contributed by atoms with Crippen LogP contribution in [0.1, 0.15) is 26.7 Å². The molecule has 1 rings (SSSR count).